The van der Waals surface area contributed by atoms with E-state index >= 15 is 0 Å². The van der Waals surface area contributed by atoms with Crippen molar-refractivity contribution in [2.75, 3.05) is 20.2 Å². The standard InChI is InChI=1S/C14H18N6O3/c1-23-11-4-2-9(3-5-11)6-12(15)13-16-18-20(17-13)10-7-19(8-10)14(21)22/h2-5,10,12H,6-8,15H2,1H3,(H,21,22)/t12-/m0/s1. The van der Waals surface area contributed by atoms with Crippen molar-refractivity contribution < 1.29 is 14.6 Å². The molecule has 122 valence electrons. The van der Waals surface area contributed by atoms with E-state index in [0.717, 1.165) is 11.3 Å². The van der Waals surface area contributed by atoms with Gasteiger partial charge in [-0.15, -0.1) is 10.2 Å². The lowest BCUT2D eigenvalue weighted by Gasteiger charge is -2.35. The summed E-state index contributed by atoms with van der Waals surface area (Å²) < 4.78 is 5.12. The molecule has 1 fully saturated rings. The van der Waals surface area contributed by atoms with Crippen LogP contribution in [0.25, 0.3) is 0 Å². The maximum atomic E-state index is 10.8. The summed E-state index contributed by atoms with van der Waals surface area (Å²) in [7, 11) is 1.62. The van der Waals surface area contributed by atoms with Gasteiger partial charge in [0, 0.05) is 0 Å². The molecular formula is C14H18N6O3. The first-order valence-corrected chi connectivity index (χ1v) is 7.22. The van der Waals surface area contributed by atoms with Gasteiger partial charge in [-0.05, 0) is 29.3 Å². The SMILES string of the molecule is COc1ccc(C[C@H](N)c2nnn(C3CN(C(=O)O)C3)n2)cc1. The zero-order valence-electron chi connectivity index (χ0n) is 12.7. The normalized spacial score (nSPS) is 16.0. The van der Waals surface area contributed by atoms with Crippen LogP contribution in [-0.4, -0.2) is 56.5 Å². The molecule has 3 N–H and O–H groups in total. The van der Waals surface area contributed by atoms with E-state index in [1.807, 2.05) is 24.3 Å². The molecule has 3 rings (SSSR count). The van der Waals surface area contributed by atoms with E-state index in [4.69, 9.17) is 15.6 Å². The van der Waals surface area contributed by atoms with Gasteiger partial charge in [-0.3, -0.25) is 0 Å². The summed E-state index contributed by atoms with van der Waals surface area (Å²) in [6, 6.07) is 7.20. The molecule has 1 aromatic carbocycles. The quantitative estimate of drug-likeness (QED) is 0.821. The molecule has 1 aliphatic rings. The fraction of sp³-hybridized carbons (Fsp3) is 0.429. The Kier molecular flexibility index (Phi) is 4.11. The molecule has 1 amide bonds. The van der Waals surface area contributed by atoms with E-state index in [9.17, 15) is 4.79 Å². The summed E-state index contributed by atoms with van der Waals surface area (Å²) in [5, 5.41) is 21.1. The number of tetrazole rings is 1. The van der Waals surface area contributed by atoms with Gasteiger partial charge in [0.2, 0.25) is 0 Å². The Morgan fingerprint density at radius 2 is 2.13 bits per heavy atom. The van der Waals surface area contributed by atoms with Gasteiger partial charge >= 0.3 is 6.09 Å². The van der Waals surface area contributed by atoms with Crippen LogP contribution in [0.15, 0.2) is 24.3 Å². The summed E-state index contributed by atoms with van der Waals surface area (Å²) in [4.78, 5) is 13.5. The van der Waals surface area contributed by atoms with E-state index < -0.39 is 6.09 Å². The molecule has 0 spiro atoms. The Morgan fingerprint density at radius 1 is 1.43 bits per heavy atom. The van der Waals surface area contributed by atoms with Crippen LogP contribution in [0.4, 0.5) is 4.79 Å². The summed E-state index contributed by atoms with van der Waals surface area (Å²) in [5.74, 6) is 1.24. The van der Waals surface area contributed by atoms with Crippen LogP contribution in [0.1, 0.15) is 23.5 Å². The van der Waals surface area contributed by atoms with Crippen molar-refractivity contribution in [1.82, 2.24) is 25.1 Å². The van der Waals surface area contributed by atoms with Gasteiger partial charge in [0.25, 0.3) is 0 Å². The number of aromatic nitrogens is 4. The summed E-state index contributed by atoms with van der Waals surface area (Å²) in [6.45, 7) is 0.748. The number of hydrogen-bond donors (Lipinski definition) is 2. The molecule has 2 heterocycles. The zero-order chi connectivity index (χ0) is 16.4. The molecule has 23 heavy (non-hydrogen) atoms. The Bertz CT molecular complexity index is 680. The Balaban J connectivity index is 1.60. The number of nitrogens with two attached hydrogens (primary N) is 1. The highest BCUT2D eigenvalue weighted by molar-refractivity contribution is 5.66. The molecule has 1 saturated heterocycles. The second-order valence-corrected chi connectivity index (χ2v) is 5.47. The van der Waals surface area contributed by atoms with Gasteiger partial charge in [0.1, 0.15) is 11.8 Å². The van der Waals surface area contributed by atoms with E-state index in [0.29, 0.717) is 25.3 Å². The topological polar surface area (TPSA) is 119 Å². The fourth-order valence-corrected chi connectivity index (χ4v) is 2.40. The smallest absolute Gasteiger partial charge is 0.407 e. The fourth-order valence-electron chi connectivity index (χ4n) is 2.40. The van der Waals surface area contributed by atoms with Crippen LogP contribution >= 0.6 is 0 Å². The number of carbonyl (C=O) groups is 1. The number of carboxylic acid groups (broad SMARTS) is 1. The second kappa shape index (κ2) is 6.21. The molecule has 0 saturated carbocycles. The summed E-state index contributed by atoms with van der Waals surface area (Å²) in [5.41, 5.74) is 7.18. The first kappa shape index (κ1) is 15.2. The van der Waals surface area contributed by atoms with Crippen LogP contribution in [-0.2, 0) is 6.42 Å². The highest BCUT2D eigenvalue weighted by atomic mass is 16.5. The molecule has 9 heteroatoms. The van der Waals surface area contributed by atoms with Gasteiger partial charge in [0.05, 0.1) is 26.2 Å². The van der Waals surface area contributed by atoms with Gasteiger partial charge in [-0.2, -0.15) is 4.80 Å². The van der Waals surface area contributed by atoms with Crippen molar-refractivity contribution in [3.63, 3.8) is 0 Å². The van der Waals surface area contributed by atoms with Gasteiger partial charge in [-0.25, -0.2) is 4.79 Å². The van der Waals surface area contributed by atoms with Crippen LogP contribution < -0.4 is 10.5 Å². The molecular weight excluding hydrogens is 300 g/mol. The molecule has 0 aliphatic carbocycles. The lowest BCUT2D eigenvalue weighted by molar-refractivity contribution is 0.0748. The number of rotatable bonds is 5. The number of amides is 1. The maximum Gasteiger partial charge on any atom is 0.407 e. The predicted molar refractivity (Wildman–Crippen MR) is 80.1 cm³/mol. The van der Waals surface area contributed by atoms with Gasteiger partial charge < -0.3 is 20.5 Å². The minimum Gasteiger partial charge on any atom is -0.497 e. The van der Waals surface area contributed by atoms with E-state index in [2.05, 4.69) is 15.4 Å². The molecule has 1 aromatic heterocycles. The number of ether oxygens (including phenoxy) is 1. The summed E-state index contributed by atoms with van der Waals surface area (Å²) in [6.07, 6.45) is -0.348. The van der Waals surface area contributed by atoms with E-state index in [1.54, 1.807) is 7.11 Å². The molecule has 0 bridgehead atoms. The van der Waals surface area contributed by atoms with Gasteiger partial charge in [0.15, 0.2) is 5.82 Å². The molecule has 2 aromatic rings. The minimum absolute atomic E-state index is 0.0689. The van der Waals surface area contributed by atoms with E-state index in [-0.39, 0.29) is 12.1 Å². The van der Waals surface area contributed by atoms with Crippen LogP contribution in [0.3, 0.4) is 0 Å². The van der Waals surface area contributed by atoms with Crippen molar-refractivity contribution in [1.29, 1.82) is 0 Å². The monoisotopic (exact) mass is 318 g/mol. The van der Waals surface area contributed by atoms with Crippen LogP contribution in [0.2, 0.25) is 0 Å². The molecule has 1 aliphatic heterocycles. The number of likely N-dealkylation sites (tertiary alicyclic amines) is 1. The molecule has 9 nitrogen and oxygen atoms in total. The average molecular weight is 318 g/mol. The largest absolute Gasteiger partial charge is 0.497 e. The maximum absolute atomic E-state index is 10.8. The Morgan fingerprint density at radius 3 is 2.74 bits per heavy atom. The minimum atomic E-state index is -0.933. The van der Waals surface area contributed by atoms with Crippen molar-refractivity contribution in [3.8, 4) is 5.75 Å². The van der Waals surface area contributed by atoms with Gasteiger partial charge in [-0.1, -0.05) is 12.1 Å². The third-order valence-electron chi connectivity index (χ3n) is 3.85. The van der Waals surface area contributed by atoms with Crippen molar-refractivity contribution in [3.05, 3.63) is 35.7 Å². The third-order valence-corrected chi connectivity index (χ3v) is 3.85. The molecule has 1 atom stereocenters. The van der Waals surface area contributed by atoms with Crippen molar-refractivity contribution in [2.24, 2.45) is 5.73 Å². The number of benzene rings is 1. The van der Waals surface area contributed by atoms with Crippen LogP contribution in [0, 0.1) is 0 Å². The Hall–Kier alpha value is -2.68. The summed E-state index contributed by atoms with van der Waals surface area (Å²) >= 11 is 0. The number of nitrogens with zero attached hydrogens (tertiary/aromatic N) is 5. The third kappa shape index (κ3) is 3.24. The Labute approximate surface area is 132 Å². The van der Waals surface area contributed by atoms with Crippen molar-refractivity contribution >= 4 is 6.09 Å². The first-order chi connectivity index (χ1) is 11.1. The molecule has 0 unspecified atom stereocenters. The number of hydrogen-bond acceptors (Lipinski definition) is 6. The second-order valence-electron chi connectivity index (χ2n) is 5.47. The number of methoxy groups -OCH3 is 1. The van der Waals surface area contributed by atoms with E-state index in [1.165, 1.54) is 9.70 Å². The van der Waals surface area contributed by atoms with Crippen LogP contribution in [0.5, 0.6) is 5.75 Å². The highest BCUT2D eigenvalue weighted by Gasteiger charge is 2.33. The average Bonchev–Trinajstić information content (AvgIpc) is 2.95. The first-order valence-electron chi connectivity index (χ1n) is 7.22. The predicted octanol–water partition coefficient (Wildman–Crippen LogP) is 0.459. The molecule has 0 radical (unpaired) electrons. The van der Waals surface area contributed by atoms with Crippen molar-refractivity contribution in [2.45, 2.75) is 18.5 Å². The lowest BCUT2D eigenvalue weighted by Crippen LogP contribution is -2.50. The highest BCUT2D eigenvalue weighted by Crippen LogP contribution is 2.20. The zero-order valence-corrected chi connectivity index (χ0v) is 12.7. The lowest BCUT2D eigenvalue weighted by atomic mass is 10.1.